The van der Waals surface area contributed by atoms with Gasteiger partial charge in [0.05, 0.1) is 29.5 Å². The molecule has 2 aromatic carbocycles. The second-order valence-electron chi connectivity index (χ2n) is 9.84. The normalized spacial score (nSPS) is 23.9. The van der Waals surface area contributed by atoms with E-state index in [2.05, 4.69) is 80.2 Å². The first kappa shape index (κ1) is 23.1. The number of benzene rings is 2. The molecule has 5 nitrogen and oxygen atoms in total. The second kappa shape index (κ2) is 9.56. The summed E-state index contributed by atoms with van der Waals surface area (Å²) in [5.41, 5.74) is 8.87. The predicted molar refractivity (Wildman–Crippen MR) is 143 cm³/mol. The van der Waals surface area contributed by atoms with Gasteiger partial charge in [0.1, 0.15) is 0 Å². The molecule has 0 aromatic heterocycles. The van der Waals surface area contributed by atoms with E-state index in [1.807, 2.05) is 30.5 Å². The molecule has 35 heavy (non-hydrogen) atoms. The lowest BCUT2D eigenvalue weighted by molar-refractivity contribution is -0.00521. The molecule has 0 spiro atoms. The van der Waals surface area contributed by atoms with Crippen LogP contribution in [0, 0.1) is 17.2 Å². The first-order valence-electron chi connectivity index (χ1n) is 12.3. The number of nitriles is 1. The van der Waals surface area contributed by atoms with Crippen LogP contribution < -0.4 is 4.90 Å². The molecule has 0 bridgehead atoms. The molecule has 5 rings (SSSR count). The lowest BCUT2D eigenvalue weighted by Crippen LogP contribution is -2.45. The molecule has 3 aliphatic rings. The standard InChI is InChI=1S/C30H32N4O/c1-20-18-34(19-21(2)35-20)25-14-12-24(13-15-25)28-17-32-29-26(23-10-8-22(16-31)9-11-23)6-5-7-27(29)30(28)33(3)4/h5-6,8-15,17,20-21,27H,7,18-19H2,1-4H3/t20-,21+,27?. The highest BCUT2D eigenvalue weighted by Gasteiger charge is 2.31. The van der Waals surface area contributed by atoms with Gasteiger partial charge in [-0.2, -0.15) is 5.26 Å². The zero-order chi connectivity index (χ0) is 24.5. The maximum atomic E-state index is 9.15. The van der Waals surface area contributed by atoms with Crippen LogP contribution in [0.4, 0.5) is 5.69 Å². The molecule has 0 radical (unpaired) electrons. The Labute approximate surface area is 208 Å². The summed E-state index contributed by atoms with van der Waals surface area (Å²) in [6.45, 7) is 6.11. The maximum Gasteiger partial charge on any atom is 0.0991 e. The number of anilines is 1. The number of morpholine rings is 1. The lowest BCUT2D eigenvalue weighted by Gasteiger charge is -2.37. The second-order valence-corrected chi connectivity index (χ2v) is 9.84. The molecule has 2 heterocycles. The predicted octanol–water partition coefficient (Wildman–Crippen LogP) is 5.52. The Hall–Kier alpha value is -3.62. The first-order valence-corrected chi connectivity index (χ1v) is 12.3. The first-order chi connectivity index (χ1) is 16.9. The van der Waals surface area contributed by atoms with Gasteiger partial charge in [0.15, 0.2) is 0 Å². The summed E-state index contributed by atoms with van der Waals surface area (Å²) in [5.74, 6) is 0.196. The van der Waals surface area contributed by atoms with Crippen LogP contribution in [0.15, 0.2) is 77.1 Å². The summed E-state index contributed by atoms with van der Waals surface area (Å²) in [5, 5.41) is 9.15. The average molecular weight is 465 g/mol. The van der Waals surface area contributed by atoms with E-state index in [1.165, 1.54) is 22.5 Å². The van der Waals surface area contributed by atoms with Crippen LogP contribution in [0.2, 0.25) is 0 Å². The zero-order valence-electron chi connectivity index (χ0n) is 20.9. The van der Waals surface area contributed by atoms with E-state index in [-0.39, 0.29) is 18.1 Å². The minimum absolute atomic E-state index is 0.196. The van der Waals surface area contributed by atoms with Crippen molar-refractivity contribution < 1.29 is 4.74 Å². The van der Waals surface area contributed by atoms with Gasteiger partial charge >= 0.3 is 0 Å². The number of fused-ring (bicyclic) bond motifs is 1. The van der Waals surface area contributed by atoms with Gasteiger partial charge in [-0.15, -0.1) is 0 Å². The number of aliphatic imine (C=N–C) groups is 1. The van der Waals surface area contributed by atoms with Gasteiger partial charge in [0.2, 0.25) is 0 Å². The van der Waals surface area contributed by atoms with Crippen molar-refractivity contribution in [2.24, 2.45) is 10.9 Å². The number of rotatable bonds is 4. The molecule has 0 N–H and O–H groups in total. The zero-order valence-corrected chi connectivity index (χ0v) is 20.9. The van der Waals surface area contributed by atoms with Crippen molar-refractivity contribution in [2.75, 3.05) is 32.1 Å². The number of nitrogens with zero attached hydrogens (tertiary/aromatic N) is 4. The molecule has 0 saturated carbocycles. The molecule has 0 amide bonds. The van der Waals surface area contributed by atoms with Gasteiger partial charge in [0, 0.05) is 61.8 Å². The van der Waals surface area contributed by atoms with E-state index in [9.17, 15) is 0 Å². The summed E-state index contributed by atoms with van der Waals surface area (Å²) in [4.78, 5) is 9.65. The van der Waals surface area contributed by atoms with Crippen molar-refractivity contribution in [1.29, 1.82) is 5.26 Å². The Morgan fingerprint density at radius 3 is 2.20 bits per heavy atom. The van der Waals surface area contributed by atoms with E-state index in [1.54, 1.807) is 0 Å². The van der Waals surface area contributed by atoms with Crippen molar-refractivity contribution in [3.63, 3.8) is 0 Å². The number of dihydropyridines is 1. The van der Waals surface area contributed by atoms with Crippen molar-refractivity contribution in [3.05, 3.63) is 88.8 Å². The number of allylic oxidation sites excluding steroid dienone is 4. The molecule has 1 aliphatic carbocycles. The number of hydrogen-bond acceptors (Lipinski definition) is 5. The van der Waals surface area contributed by atoms with Crippen LogP contribution in [-0.4, -0.2) is 50.5 Å². The van der Waals surface area contributed by atoms with Crippen molar-refractivity contribution in [1.82, 2.24) is 4.90 Å². The molecule has 5 heteroatoms. The van der Waals surface area contributed by atoms with Gasteiger partial charge in [-0.25, -0.2) is 0 Å². The Morgan fingerprint density at radius 2 is 1.57 bits per heavy atom. The molecule has 3 atom stereocenters. The minimum atomic E-state index is 0.196. The molecule has 2 aromatic rings. The Bertz CT molecular complexity index is 1250. The Kier molecular flexibility index (Phi) is 6.32. The topological polar surface area (TPSA) is 51.9 Å². The highest BCUT2D eigenvalue weighted by atomic mass is 16.5. The van der Waals surface area contributed by atoms with Crippen LogP contribution in [0.3, 0.4) is 0 Å². The molecule has 1 saturated heterocycles. The minimum Gasteiger partial charge on any atom is -0.380 e. The van der Waals surface area contributed by atoms with E-state index in [4.69, 9.17) is 15.0 Å². The third kappa shape index (κ3) is 4.54. The third-order valence-electron chi connectivity index (χ3n) is 6.97. The smallest absolute Gasteiger partial charge is 0.0991 e. The number of hydrogen-bond donors (Lipinski definition) is 0. The highest BCUT2D eigenvalue weighted by Crippen LogP contribution is 2.42. The third-order valence-corrected chi connectivity index (χ3v) is 6.97. The van der Waals surface area contributed by atoms with Gasteiger partial charge in [-0.05, 0) is 55.7 Å². The van der Waals surface area contributed by atoms with Gasteiger partial charge in [0.25, 0.3) is 0 Å². The summed E-state index contributed by atoms with van der Waals surface area (Å²) >= 11 is 0. The van der Waals surface area contributed by atoms with Crippen LogP contribution in [0.1, 0.15) is 37.0 Å². The molecule has 2 aliphatic heterocycles. The van der Waals surface area contributed by atoms with Crippen molar-refractivity contribution in [2.45, 2.75) is 32.5 Å². The molecular weight excluding hydrogens is 432 g/mol. The van der Waals surface area contributed by atoms with E-state index >= 15 is 0 Å². The fraction of sp³-hybridized carbons (Fsp3) is 0.333. The van der Waals surface area contributed by atoms with Crippen LogP contribution in [0.5, 0.6) is 0 Å². The van der Waals surface area contributed by atoms with Gasteiger partial charge in [-0.3, -0.25) is 4.99 Å². The largest absolute Gasteiger partial charge is 0.380 e. The quantitative estimate of drug-likeness (QED) is 0.598. The Balaban J connectivity index is 1.48. The van der Waals surface area contributed by atoms with Crippen molar-refractivity contribution in [3.8, 4) is 6.07 Å². The lowest BCUT2D eigenvalue weighted by atomic mass is 9.82. The molecular formula is C30H32N4O. The fourth-order valence-electron chi connectivity index (χ4n) is 5.48. The number of ether oxygens (including phenoxy) is 1. The summed E-state index contributed by atoms with van der Waals surface area (Å²) < 4.78 is 5.90. The van der Waals surface area contributed by atoms with E-state index in [0.29, 0.717) is 5.56 Å². The van der Waals surface area contributed by atoms with Crippen LogP contribution in [-0.2, 0) is 4.74 Å². The van der Waals surface area contributed by atoms with Crippen LogP contribution >= 0.6 is 0 Å². The summed E-state index contributed by atoms with van der Waals surface area (Å²) in [6.07, 6.45) is 7.84. The van der Waals surface area contributed by atoms with Crippen LogP contribution in [0.25, 0.3) is 11.1 Å². The summed E-state index contributed by atoms with van der Waals surface area (Å²) in [7, 11) is 4.24. The van der Waals surface area contributed by atoms with E-state index in [0.717, 1.165) is 36.3 Å². The van der Waals surface area contributed by atoms with Gasteiger partial charge in [-0.1, -0.05) is 36.4 Å². The highest BCUT2D eigenvalue weighted by molar-refractivity contribution is 6.13. The average Bonchev–Trinajstić information content (AvgIpc) is 2.87. The molecule has 1 fully saturated rings. The SMILES string of the molecule is C[C@@H]1CN(c2ccc(C3=C(N(C)C)C4CC=CC(c5ccc(C#N)cc5)=C4N=C3)cc2)C[C@H](C)O1. The molecule has 178 valence electrons. The van der Waals surface area contributed by atoms with Gasteiger partial charge < -0.3 is 14.5 Å². The Morgan fingerprint density at radius 1 is 0.943 bits per heavy atom. The summed E-state index contributed by atoms with van der Waals surface area (Å²) in [6, 6.07) is 18.9. The molecule has 1 unspecified atom stereocenters. The maximum absolute atomic E-state index is 9.15. The fourth-order valence-corrected chi connectivity index (χ4v) is 5.48. The van der Waals surface area contributed by atoms with Crippen molar-refractivity contribution >= 4 is 23.0 Å². The monoisotopic (exact) mass is 464 g/mol. The van der Waals surface area contributed by atoms with E-state index < -0.39 is 0 Å².